The molecular formula is C11H11NOS. The first-order valence-corrected chi connectivity index (χ1v) is 5.42. The van der Waals surface area contributed by atoms with Gasteiger partial charge in [0.25, 0.3) is 0 Å². The molecule has 1 aromatic heterocycles. The number of thiazole rings is 1. The van der Waals surface area contributed by atoms with Gasteiger partial charge < -0.3 is 4.74 Å². The standard InChI is InChI=1S/C11H11NOS/c1-2-13-10-8-14-11(12-10)9-6-4-3-5-7-9/h3-8H,2H2,1H3. The molecule has 0 aliphatic rings. The van der Waals surface area contributed by atoms with Crippen LogP contribution in [0.15, 0.2) is 35.7 Å². The highest BCUT2D eigenvalue weighted by Gasteiger charge is 2.03. The first-order valence-electron chi connectivity index (χ1n) is 4.54. The SMILES string of the molecule is CCOc1csc(-c2ccccc2)n1. The van der Waals surface area contributed by atoms with E-state index in [2.05, 4.69) is 17.1 Å². The van der Waals surface area contributed by atoms with Crippen LogP contribution in [0.4, 0.5) is 0 Å². The molecule has 2 rings (SSSR count). The summed E-state index contributed by atoms with van der Waals surface area (Å²) in [6, 6.07) is 10.1. The number of ether oxygens (including phenoxy) is 1. The van der Waals surface area contributed by atoms with Crippen molar-refractivity contribution in [2.75, 3.05) is 6.61 Å². The minimum absolute atomic E-state index is 0.665. The molecule has 0 N–H and O–H groups in total. The maximum Gasteiger partial charge on any atom is 0.224 e. The molecule has 0 fully saturated rings. The van der Waals surface area contributed by atoms with Crippen LogP contribution in [0, 0.1) is 0 Å². The van der Waals surface area contributed by atoms with E-state index in [0.29, 0.717) is 6.61 Å². The molecule has 14 heavy (non-hydrogen) atoms. The molecule has 1 aromatic carbocycles. The largest absolute Gasteiger partial charge is 0.477 e. The zero-order valence-electron chi connectivity index (χ0n) is 7.93. The van der Waals surface area contributed by atoms with Crippen LogP contribution in [0.25, 0.3) is 10.6 Å². The van der Waals surface area contributed by atoms with E-state index < -0.39 is 0 Å². The molecule has 0 unspecified atom stereocenters. The molecule has 0 aliphatic carbocycles. The third-order valence-electron chi connectivity index (χ3n) is 1.80. The zero-order valence-corrected chi connectivity index (χ0v) is 8.75. The number of benzene rings is 1. The van der Waals surface area contributed by atoms with Crippen LogP contribution in [0.3, 0.4) is 0 Å². The first kappa shape index (κ1) is 9.21. The van der Waals surface area contributed by atoms with E-state index in [1.807, 2.05) is 30.5 Å². The van der Waals surface area contributed by atoms with Crippen molar-refractivity contribution in [1.29, 1.82) is 0 Å². The zero-order chi connectivity index (χ0) is 9.80. The van der Waals surface area contributed by atoms with Crippen LogP contribution in [0.2, 0.25) is 0 Å². The van der Waals surface area contributed by atoms with Crippen molar-refractivity contribution in [2.24, 2.45) is 0 Å². The highest BCUT2D eigenvalue weighted by molar-refractivity contribution is 7.13. The Balaban J connectivity index is 2.25. The van der Waals surface area contributed by atoms with Gasteiger partial charge in [0.05, 0.1) is 12.0 Å². The fourth-order valence-electron chi connectivity index (χ4n) is 1.19. The van der Waals surface area contributed by atoms with Crippen LogP contribution >= 0.6 is 11.3 Å². The quantitative estimate of drug-likeness (QED) is 0.767. The summed E-state index contributed by atoms with van der Waals surface area (Å²) in [4.78, 5) is 4.37. The number of aromatic nitrogens is 1. The summed E-state index contributed by atoms with van der Waals surface area (Å²) < 4.78 is 5.31. The third-order valence-corrected chi connectivity index (χ3v) is 2.67. The van der Waals surface area contributed by atoms with Crippen molar-refractivity contribution in [3.8, 4) is 16.5 Å². The Morgan fingerprint density at radius 2 is 2.07 bits per heavy atom. The van der Waals surface area contributed by atoms with E-state index in [1.54, 1.807) is 11.3 Å². The summed E-state index contributed by atoms with van der Waals surface area (Å²) in [6.45, 7) is 2.62. The lowest BCUT2D eigenvalue weighted by Crippen LogP contribution is -1.90. The summed E-state index contributed by atoms with van der Waals surface area (Å²) in [7, 11) is 0. The molecule has 0 spiro atoms. The Labute approximate surface area is 87.2 Å². The van der Waals surface area contributed by atoms with E-state index in [0.717, 1.165) is 16.5 Å². The van der Waals surface area contributed by atoms with Crippen LogP contribution in [-0.4, -0.2) is 11.6 Å². The predicted molar refractivity (Wildman–Crippen MR) is 58.7 cm³/mol. The van der Waals surface area contributed by atoms with Gasteiger partial charge in [0.2, 0.25) is 5.88 Å². The number of hydrogen-bond donors (Lipinski definition) is 0. The Hall–Kier alpha value is -1.35. The lowest BCUT2D eigenvalue weighted by molar-refractivity contribution is 0.329. The van der Waals surface area contributed by atoms with Crippen LogP contribution in [0.5, 0.6) is 5.88 Å². The minimum atomic E-state index is 0.665. The predicted octanol–water partition coefficient (Wildman–Crippen LogP) is 3.21. The second-order valence-electron chi connectivity index (χ2n) is 2.79. The monoisotopic (exact) mass is 205 g/mol. The molecule has 72 valence electrons. The molecule has 0 amide bonds. The highest BCUT2D eigenvalue weighted by Crippen LogP contribution is 2.26. The van der Waals surface area contributed by atoms with Crippen LogP contribution < -0.4 is 4.74 Å². The minimum Gasteiger partial charge on any atom is -0.477 e. The van der Waals surface area contributed by atoms with Gasteiger partial charge in [0.15, 0.2) is 0 Å². The van der Waals surface area contributed by atoms with Gasteiger partial charge in [0.1, 0.15) is 5.01 Å². The number of nitrogens with zero attached hydrogens (tertiary/aromatic N) is 1. The molecule has 0 saturated carbocycles. The Kier molecular flexibility index (Phi) is 2.79. The van der Waals surface area contributed by atoms with Crippen molar-refractivity contribution in [1.82, 2.24) is 4.98 Å². The maximum absolute atomic E-state index is 5.31. The Bertz CT molecular complexity index is 397. The smallest absolute Gasteiger partial charge is 0.224 e. The van der Waals surface area contributed by atoms with Crippen molar-refractivity contribution in [3.63, 3.8) is 0 Å². The van der Waals surface area contributed by atoms with Gasteiger partial charge in [-0.3, -0.25) is 0 Å². The lowest BCUT2D eigenvalue weighted by atomic mass is 10.2. The summed E-state index contributed by atoms with van der Waals surface area (Å²) in [5.74, 6) is 0.719. The maximum atomic E-state index is 5.31. The van der Waals surface area contributed by atoms with E-state index in [4.69, 9.17) is 4.74 Å². The van der Waals surface area contributed by atoms with Crippen molar-refractivity contribution < 1.29 is 4.74 Å². The molecule has 2 aromatic rings. The molecule has 3 heteroatoms. The van der Waals surface area contributed by atoms with E-state index in [9.17, 15) is 0 Å². The second-order valence-corrected chi connectivity index (χ2v) is 3.65. The van der Waals surface area contributed by atoms with Gasteiger partial charge in [-0.15, -0.1) is 11.3 Å². The van der Waals surface area contributed by atoms with E-state index >= 15 is 0 Å². The van der Waals surface area contributed by atoms with Crippen LogP contribution in [-0.2, 0) is 0 Å². The molecule has 1 heterocycles. The average Bonchev–Trinajstić information content (AvgIpc) is 2.68. The molecule has 0 radical (unpaired) electrons. The molecule has 0 atom stereocenters. The van der Waals surface area contributed by atoms with E-state index in [-0.39, 0.29) is 0 Å². The van der Waals surface area contributed by atoms with Crippen molar-refractivity contribution in [2.45, 2.75) is 6.92 Å². The van der Waals surface area contributed by atoms with E-state index in [1.165, 1.54) is 0 Å². The van der Waals surface area contributed by atoms with Gasteiger partial charge >= 0.3 is 0 Å². The molecule has 0 bridgehead atoms. The fourth-order valence-corrected chi connectivity index (χ4v) is 1.93. The topological polar surface area (TPSA) is 22.1 Å². The van der Waals surface area contributed by atoms with Crippen LogP contribution in [0.1, 0.15) is 6.92 Å². The van der Waals surface area contributed by atoms with Gasteiger partial charge in [-0.1, -0.05) is 30.3 Å². The Morgan fingerprint density at radius 1 is 1.29 bits per heavy atom. The fraction of sp³-hybridized carbons (Fsp3) is 0.182. The summed E-state index contributed by atoms with van der Waals surface area (Å²) in [5.41, 5.74) is 1.14. The molecule has 0 aliphatic heterocycles. The first-order chi connectivity index (χ1) is 6.90. The van der Waals surface area contributed by atoms with Gasteiger partial charge in [0, 0.05) is 5.56 Å². The third kappa shape index (κ3) is 1.93. The van der Waals surface area contributed by atoms with Crippen molar-refractivity contribution >= 4 is 11.3 Å². The Morgan fingerprint density at radius 3 is 2.79 bits per heavy atom. The second kappa shape index (κ2) is 4.24. The average molecular weight is 205 g/mol. The van der Waals surface area contributed by atoms with Gasteiger partial charge in [-0.2, -0.15) is 0 Å². The molecule has 0 saturated heterocycles. The van der Waals surface area contributed by atoms with Gasteiger partial charge in [-0.25, -0.2) is 4.98 Å². The molecule has 2 nitrogen and oxygen atoms in total. The lowest BCUT2D eigenvalue weighted by Gasteiger charge is -1.95. The summed E-state index contributed by atoms with van der Waals surface area (Å²) >= 11 is 1.61. The summed E-state index contributed by atoms with van der Waals surface area (Å²) in [6.07, 6.45) is 0. The van der Waals surface area contributed by atoms with Crippen molar-refractivity contribution in [3.05, 3.63) is 35.7 Å². The summed E-state index contributed by atoms with van der Waals surface area (Å²) in [5, 5.41) is 2.94. The number of hydrogen-bond acceptors (Lipinski definition) is 3. The van der Waals surface area contributed by atoms with Gasteiger partial charge in [-0.05, 0) is 6.92 Å². The highest BCUT2D eigenvalue weighted by atomic mass is 32.1. The number of rotatable bonds is 3. The molecular weight excluding hydrogens is 194 g/mol. The normalized spacial score (nSPS) is 10.1.